The molecule has 0 saturated carbocycles. The van der Waals surface area contributed by atoms with E-state index in [0.29, 0.717) is 6.54 Å². The first kappa shape index (κ1) is 17.7. The van der Waals surface area contributed by atoms with Crippen LogP contribution in [-0.2, 0) is 16.1 Å². The molecule has 0 unspecified atom stereocenters. The summed E-state index contributed by atoms with van der Waals surface area (Å²) in [5.74, 6) is -0.351. The fourth-order valence-electron chi connectivity index (χ4n) is 2.93. The summed E-state index contributed by atoms with van der Waals surface area (Å²) in [5, 5.41) is 6.54. The average molecular weight is 349 g/mol. The van der Waals surface area contributed by atoms with Gasteiger partial charge in [-0.3, -0.25) is 9.59 Å². The van der Waals surface area contributed by atoms with E-state index >= 15 is 0 Å². The zero-order valence-corrected chi connectivity index (χ0v) is 14.9. The van der Waals surface area contributed by atoms with Gasteiger partial charge in [0, 0.05) is 23.1 Å². The number of rotatable bonds is 7. The molecule has 2 amide bonds. The van der Waals surface area contributed by atoms with E-state index in [2.05, 4.69) is 16.7 Å². The van der Waals surface area contributed by atoms with Gasteiger partial charge in [0.1, 0.15) is 6.54 Å². The third-order valence-electron chi connectivity index (χ3n) is 4.20. The van der Waals surface area contributed by atoms with E-state index in [1.807, 2.05) is 66.1 Å². The zero-order valence-electron chi connectivity index (χ0n) is 14.9. The number of nitrogens with zero attached hydrogens (tertiary/aromatic N) is 1. The predicted octanol–water partition coefficient (Wildman–Crippen LogP) is 2.95. The number of nitrogens with one attached hydrogen (secondary N) is 2. The van der Waals surface area contributed by atoms with Crippen LogP contribution in [0.15, 0.2) is 60.7 Å². The van der Waals surface area contributed by atoms with E-state index in [1.54, 1.807) is 0 Å². The molecule has 1 aromatic heterocycles. The average Bonchev–Trinajstić information content (AvgIpc) is 3.04. The molecule has 3 rings (SSSR count). The van der Waals surface area contributed by atoms with Crippen LogP contribution in [-0.4, -0.2) is 29.5 Å². The van der Waals surface area contributed by atoms with Crippen LogP contribution in [0.1, 0.15) is 13.3 Å². The largest absolute Gasteiger partial charge is 0.355 e. The molecule has 0 bridgehead atoms. The van der Waals surface area contributed by atoms with Gasteiger partial charge >= 0.3 is 0 Å². The number of amides is 2. The van der Waals surface area contributed by atoms with Crippen LogP contribution in [0.3, 0.4) is 0 Å². The summed E-state index contributed by atoms with van der Waals surface area (Å²) >= 11 is 0. The maximum atomic E-state index is 12.4. The SMILES string of the molecule is CCCNC(=O)CNC(=O)Cn1c(-c2ccccc2)cc2ccccc21. The third kappa shape index (κ3) is 4.11. The van der Waals surface area contributed by atoms with Gasteiger partial charge in [-0.25, -0.2) is 0 Å². The molecule has 0 atom stereocenters. The quantitative estimate of drug-likeness (QED) is 0.689. The topological polar surface area (TPSA) is 63.1 Å². The van der Waals surface area contributed by atoms with Crippen LogP contribution in [0.4, 0.5) is 0 Å². The van der Waals surface area contributed by atoms with Crippen LogP contribution in [0, 0.1) is 0 Å². The minimum atomic E-state index is -0.185. The number of hydrogen-bond acceptors (Lipinski definition) is 2. The van der Waals surface area contributed by atoms with Crippen LogP contribution in [0.2, 0.25) is 0 Å². The summed E-state index contributed by atoms with van der Waals surface area (Å²) in [6.45, 7) is 2.77. The molecule has 26 heavy (non-hydrogen) atoms. The van der Waals surface area contributed by atoms with Crippen molar-refractivity contribution < 1.29 is 9.59 Å². The molecule has 0 saturated heterocycles. The Morgan fingerprint density at radius 1 is 0.923 bits per heavy atom. The van der Waals surface area contributed by atoms with Crippen molar-refractivity contribution in [2.24, 2.45) is 0 Å². The second-order valence-electron chi connectivity index (χ2n) is 6.17. The maximum absolute atomic E-state index is 12.4. The van der Waals surface area contributed by atoms with E-state index in [9.17, 15) is 9.59 Å². The highest BCUT2D eigenvalue weighted by atomic mass is 16.2. The van der Waals surface area contributed by atoms with Crippen LogP contribution in [0.5, 0.6) is 0 Å². The lowest BCUT2D eigenvalue weighted by Gasteiger charge is -2.11. The summed E-state index contributed by atoms with van der Waals surface area (Å²) in [7, 11) is 0. The molecule has 2 N–H and O–H groups in total. The van der Waals surface area contributed by atoms with Crippen molar-refractivity contribution in [3.05, 3.63) is 60.7 Å². The number of fused-ring (bicyclic) bond motifs is 1. The van der Waals surface area contributed by atoms with Crippen molar-refractivity contribution in [1.29, 1.82) is 0 Å². The van der Waals surface area contributed by atoms with Crippen LogP contribution in [0.25, 0.3) is 22.2 Å². The minimum Gasteiger partial charge on any atom is -0.355 e. The molecular weight excluding hydrogens is 326 g/mol. The second-order valence-corrected chi connectivity index (χ2v) is 6.17. The number of carbonyl (C=O) groups is 2. The fraction of sp³-hybridized carbons (Fsp3) is 0.238. The maximum Gasteiger partial charge on any atom is 0.240 e. The summed E-state index contributed by atoms with van der Waals surface area (Å²) in [5.41, 5.74) is 3.03. The van der Waals surface area contributed by atoms with Gasteiger partial charge in [0.2, 0.25) is 11.8 Å². The first-order valence-corrected chi connectivity index (χ1v) is 8.86. The molecule has 3 aromatic rings. The van der Waals surface area contributed by atoms with E-state index < -0.39 is 0 Å². The van der Waals surface area contributed by atoms with Gasteiger partial charge in [-0.1, -0.05) is 55.5 Å². The summed E-state index contributed by atoms with van der Waals surface area (Å²) in [6, 6.07) is 20.1. The molecule has 2 aromatic carbocycles. The number of carbonyl (C=O) groups excluding carboxylic acids is 2. The van der Waals surface area contributed by atoms with Crippen molar-refractivity contribution in [3.8, 4) is 11.3 Å². The highest BCUT2D eigenvalue weighted by Crippen LogP contribution is 2.28. The smallest absolute Gasteiger partial charge is 0.240 e. The number of benzene rings is 2. The van der Waals surface area contributed by atoms with Gasteiger partial charge in [-0.15, -0.1) is 0 Å². The first-order chi connectivity index (χ1) is 12.7. The van der Waals surface area contributed by atoms with Crippen molar-refractivity contribution in [2.45, 2.75) is 19.9 Å². The van der Waals surface area contributed by atoms with Gasteiger partial charge in [0.15, 0.2) is 0 Å². The lowest BCUT2D eigenvalue weighted by Crippen LogP contribution is -2.38. The van der Waals surface area contributed by atoms with Crippen LogP contribution >= 0.6 is 0 Å². The Bertz CT molecular complexity index is 900. The number of hydrogen-bond donors (Lipinski definition) is 2. The molecule has 0 spiro atoms. The second kappa shape index (κ2) is 8.34. The molecular formula is C21H23N3O2. The van der Waals surface area contributed by atoms with Gasteiger partial charge < -0.3 is 15.2 Å². The highest BCUT2D eigenvalue weighted by Gasteiger charge is 2.13. The van der Waals surface area contributed by atoms with Crippen molar-refractivity contribution in [1.82, 2.24) is 15.2 Å². The van der Waals surface area contributed by atoms with E-state index in [1.165, 1.54) is 0 Å². The van der Waals surface area contributed by atoms with Crippen molar-refractivity contribution in [3.63, 3.8) is 0 Å². The first-order valence-electron chi connectivity index (χ1n) is 8.86. The predicted molar refractivity (Wildman–Crippen MR) is 104 cm³/mol. The van der Waals surface area contributed by atoms with E-state index in [4.69, 9.17) is 0 Å². The molecule has 0 fully saturated rings. The zero-order chi connectivity index (χ0) is 18.4. The molecule has 5 nitrogen and oxygen atoms in total. The molecule has 5 heteroatoms. The molecule has 0 radical (unpaired) electrons. The number of para-hydroxylation sites is 1. The van der Waals surface area contributed by atoms with Gasteiger partial charge in [-0.05, 0) is 24.1 Å². The Morgan fingerprint density at radius 3 is 2.42 bits per heavy atom. The molecule has 0 aliphatic heterocycles. The summed E-state index contributed by atoms with van der Waals surface area (Å²) in [4.78, 5) is 24.1. The van der Waals surface area contributed by atoms with Gasteiger partial charge in [0.25, 0.3) is 0 Å². The third-order valence-corrected chi connectivity index (χ3v) is 4.20. The monoisotopic (exact) mass is 349 g/mol. The van der Waals surface area contributed by atoms with E-state index in [0.717, 1.165) is 28.6 Å². The highest BCUT2D eigenvalue weighted by molar-refractivity contribution is 5.90. The molecule has 1 heterocycles. The minimum absolute atomic E-state index is 0.00128. The summed E-state index contributed by atoms with van der Waals surface area (Å²) in [6.07, 6.45) is 0.871. The number of aromatic nitrogens is 1. The molecule has 134 valence electrons. The lowest BCUT2D eigenvalue weighted by atomic mass is 10.1. The standard InChI is InChI=1S/C21H23N3O2/c1-2-12-22-20(25)14-23-21(26)15-24-18-11-7-6-10-17(18)13-19(24)16-8-4-3-5-9-16/h3-11,13H,2,12,14-15H2,1H3,(H,22,25)(H,23,26). The van der Waals surface area contributed by atoms with Crippen molar-refractivity contribution in [2.75, 3.05) is 13.1 Å². The Morgan fingerprint density at radius 2 is 1.65 bits per heavy atom. The fourth-order valence-corrected chi connectivity index (χ4v) is 2.93. The molecule has 0 aliphatic rings. The Hall–Kier alpha value is -3.08. The van der Waals surface area contributed by atoms with E-state index in [-0.39, 0.29) is 24.9 Å². The Kier molecular flexibility index (Phi) is 5.69. The van der Waals surface area contributed by atoms with Gasteiger partial charge in [-0.2, -0.15) is 0 Å². The Balaban J connectivity index is 1.80. The Labute approximate surface area is 153 Å². The van der Waals surface area contributed by atoms with Gasteiger partial charge in [0.05, 0.1) is 6.54 Å². The van der Waals surface area contributed by atoms with Crippen LogP contribution < -0.4 is 10.6 Å². The molecule has 0 aliphatic carbocycles. The summed E-state index contributed by atoms with van der Waals surface area (Å²) < 4.78 is 1.99. The van der Waals surface area contributed by atoms with Crippen molar-refractivity contribution >= 4 is 22.7 Å². The normalized spacial score (nSPS) is 10.7. The lowest BCUT2D eigenvalue weighted by molar-refractivity contribution is -0.126.